The van der Waals surface area contributed by atoms with E-state index in [9.17, 15) is 14.4 Å². The average Bonchev–Trinajstić information content (AvgIpc) is 3.29. The summed E-state index contributed by atoms with van der Waals surface area (Å²) in [5.41, 5.74) is 0.899. The minimum absolute atomic E-state index is 0.0912. The molecular formula is C15H16ClN3O3. The molecule has 0 bridgehead atoms. The van der Waals surface area contributed by atoms with Crippen LogP contribution in [0, 0.1) is 0 Å². The second kappa shape index (κ2) is 5.96. The van der Waals surface area contributed by atoms with E-state index < -0.39 is 0 Å². The van der Waals surface area contributed by atoms with Crippen molar-refractivity contribution in [1.82, 2.24) is 15.1 Å². The Morgan fingerprint density at radius 1 is 1.23 bits per heavy atom. The fourth-order valence-corrected chi connectivity index (χ4v) is 2.52. The zero-order valence-electron chi connectivity index (χ0n) is 11.9. The van der Waals surface area contributed by atoms with Crippen molar-refractivity contribution in [3.8, 4) is 0 Å². The number of urea groups is 1. The first kappa shape index (κ1) is 14.8. The number of hydrogen-bond donors (Lipinski definition) is 1. The minimum Gasteiger partial charge on any atom is -0.350 e. The Bertz CT molecular complexity index is 613. The zero-order valence-corrected chi connectivity index (χ0v) is 12.7. The number of halogens is 1. The molecule has 0 aromatic heterocycles. The summed E-state index contributed by atoms with van der Waals surface area (Å²) in [6.45, 7) is 0.195. The first-order chi connectivity index (χ1) is 10.5. The first-order valence-corrected chi connectivity index (χ1v) is 7.54. The van der Waals surface area contributed by atoms with Gasteiger partial charge in [0, 0.05) is 17.6 Å². The highest BCUT2D eigenvalue weighted by Gasteiger charge is 2.44. The van der Waals surface area contributed by atoms with Gasteiger partial charge in [0.15, 0.2) is 0 Å². The smallest absolute Gasteiger partial charge is 0.327 e. The maximum atomic E-state index is 12.1. The highest BCUT2D eigenvalue weighted by molar-refractivity contribution is 6.30. The molecule has 1 saturated heterocycles. The summed E-state index contributed by atoms with van der Waals surface area (Å²) in [6, 6.07) is 6.93. The van der Waals surface area contributed by atoms with Crippen LogP contribution < -0.4 is 5.32 Å². The van der Waals surface area contributed by atoms with Crippen molar-refractivity contribution in [2.24, 2.45) is 0 Å². The molecule has 1 heterocycles. The van der Waals surface area contributed by atoms with Gasteiger partial charge < -0.3 is 10.2 Å². The summed E-state index contributed by atoms with van der Waals surface area (Å²) in [5, 5.41) is 3.33. The molecule has 7 heteroatoms. The summed E-state index contributed by atoms with van der Waals surface area (Å²) in [5.74, 6) is -0.659. The summed E-state index contributed by atoms with van der Waals surface area (Å²) in [6.07, 6.45) is 1.88. The van der Waals surface area contributed by atoms with E-state index in [2.05, 4.69) is 5.32 Å². The predicted octanol–water partition coefficient (Wildman–Crippen LogP) is 1.38. The second-order valence-electron chi connectivity index (χ2n) is 5.52. The van der Waals surface area contributed by atoms with E-state index in [-0.39, 0.29) is 37.0 Å². The van der Waals surface area contributed by atoms with Gasteiger partial charge in [-0.05, 0) is 30.5 Å². The van der Waals surface area contributed by atoms with Gasteiger partial charge >= 0.3 is 6.03 Å². The van der Waals surface area contributed by atoms with Crippen LogP contribution in [-0.4, -0.2) is 46.8 Å². The lowest BCUT2D eigenvalue weighted by Crippen LogP contribution is -2.41. The summed E-state index contributed by atoms with van der Waals surface area (Å²) < 4.78 is 0. The van der Waals surface area contributed by atoms with Gasteiger partial charge in [-0.1, -0.05) is 23.7 Å². The third-order valence-electron chi connectivity index (χ3n) is 3.78. The Labute approximate surface area is 133 Å². The maximum absolute atomic E-state index is 12.1. The topological polar surface area (TPSA) is 69.7 Å². The fraction of sp³-hybridized carbons (Fsp3) is 0.400. The lowest BCUT2D eigenvalue weighted by Gasteiger charge is -2.16. The molecule has 1 aliphatic carbocycles. The van der Waals surface area contributed by atoms with Crippen LogP contribution in [0.25, 0.3) is 0 Å². The van der Waals surface area contributed by atoms with Gasteiger partial charge in [-0.15, -0.1) is 0 Å². The Morgan fingerprint density at radius 2 is 1.91 bits per heavy atom. The van der Waals surface area contributed by atoms with Gasteiger partial charge in [-0.2, -0.15) is 0 Å². The van der Waals surface area contributed by atoms with Gasteiger partial charge in [-0.25, -0.2) is 4.79 Å². The highest BCUT2D eigenvalue weighted by atomic mass is 35.5. The van der Waals surface area contributed by atoms with Crippen LogP contribution in [0.3, 0.4) is 0 Å². The van der Waals surface area contributed by atoms with E-state index >= 15 is 0 Å². The molecule has 1 aromatic rings. The summed E-state index contributed by atoms with van der Waals surface area (Å²) in [4.78, 5) is 38.4. The molecule has 0 spiro atoms. The van der Waals surface area contributed by atoms with Crippen LogP contribution in [0.4, 0.5) is 4.79 Å². The monoisotopic (exact) mass is 321 g/mol. The number of nitrogens with one attached hydrogen (secondary N) is 1. The summed E-state index contributed by atoms with van der Waals surface area (Å²) in [7, 11) is 0. The number of hydrogen-bond acceptors (Lipinski definition) is 3. The number of nitrogens with zero attached hydrogens (tertiary/aromatic N) is 2. The molecule has 1 aliphatic heterocycles. The number of imide groups is 1. The average molecular weight is 322 g/mol. The van der Waals surface area contributed by atoms with E-state index in [0.29, 0.717) is 11.6 Å². The largest absolute Gasteiger partial charge is 0.350 e. The third-order valence-corrected chi connectivity index (χ3v) is 4.03. The van der Waals surface area contributed by atoms with Crippen LogP contribution in [0.5, 0.6) is 0 Å². The molecular weight excluding hydrogens is 306 g/mol. The second-order valence-corrected chi connectivity index (χ2v) is 5.96. The lowest BCUT2D eigenvalue weighted by atomic mass is 10.2. The molecule has 1 aromatic carbocycles. The van der Waals surface area contributed by atoms with Crippen molar-refractivity contribution in [3.05, 3.63) is 34.9 Å². The van der Waals surface area contributed by atoms with E-state index in [1.807, 2.05) is 12.1 Å². The van der Waals surface area contributed by atoms with Gasteiger partial charge in [0.1, 0.15) is 13.1 Å². The zero-order chi connectivity index (χ0) is 15.7. The molecule has 6 nitrogen and oxygen atoms in total. The van der Waals surface area contributed by atoms with Crippen molar-refractivity contribution in [2.75, 3.05) is 13.1 Å². The number of amides is 4. The lowest BCUT2D eigenvalue weighted by molar-refractivity contribution is -0.130. The predicted molar refractivity (Wildman–Crippen MR) is 80.1 cm³/mol. The molecule has 3 rings (SSSR count). The van der Waals surface area contributed by atoms with Crippen molar-refractivity contribution < 1.29 is 14.4 Å². The van der Waals surface area contributed by atoms with Crippen LogP contribution in [0.2, 0.25) is 5.02 Å². The Morgan fingerprint density at radius 3 is 2.55 bits per heavy atom. The molecule has 1 saturated carbocycles. The SMILES string of the molecule is O=C(CN1C(=O)CN(C2CC2)C1=O)NCc1ccc(Cl)cc1. The molecule has 2 fully saturated rings. The van der Waals surface area contributed by atoms with E-state index in [1.54, 1.807) is 17.0 Å². The van der Waals surface area contributed by atoms with Crippen molar-refractivity contribution in [2.45, 2.75) is 25.4 Å². The van der Waals surface area contributed by atoms with Crippen LogP contribution in [0.15, 0.2) is 24.3 Å². The van der Waals surface area contributed by atoms with Crippen LogP contribution >= 0.6 is 11.6 Å². The number of rotatable bonds is 5. The van der Waals surface area contributed by atoms with Crippen LogP contribution in [0.1, 0.15) is 18.4 Å². The molecule has 0 unspecified atom stereocenters. The molecule has 1 N–H and O–H groups in total. The van der Waals surface area contributed by atoms with Crippen molar-refractivity contribution >= 4 is 29.4 Å². The molecule has 0 radical (unpaired) electrons. The Hall–Kier alpha value is -2.08. The standard InChI is InChI=1S/C15H16ClN3O3/c16-11-3-1-10(2-4-11)7-17-13(20)8-19-14(21)9-18(15(19)22)12-5-6-12/h1-4,12H,5-9H2,(H,17,20). The first-order valence-electron chi connectivity index (χ1n) is 7.16. The number of carbonyl (C=O) groups is 3. The van der Waals surface area contributed by atoms with Gasteiger partial charge in [0.25, 0.3) is 5.91 Å². The van der Waals surface area contributed by atoms with Crippen molar-refractivity contribution in [1.29, 1.82) is 0 Å². The van der Waals surface area contributed by atoms with Gasteiger partial charge in [0.2, 0.25) is 5.91 Å². The molecule has 116 valence electrons. The minimum atomic E-state index is -0.353. The number of carbonyl (C=O) groups excluding carboxylic acids is 3. The Balaban J connectivity index is 1.52. The molecule has 4 amide bonds. The maximum Gasteiger partial charge on any atom is 0.327 e. The van der Waals surface area contributed by atoms with E-state index in [4.69, 9.17) is 11.6 Å². The van der Waals surface area contributed by atoms with Gasteiger partial charge in [-0.3, -0.25) is 14.5 Å². The third kappa shape index (κ3) is 3.22. The summed E-state index contributed by atoms with van der Waals surface area (Å²) >= 11 is 5.79. The molecule has 2 aliphatic rings. The Kier molecular flexibility index (Phi) is 4.02. The van der Waals surface area contributed by atoms with Gasteiger partial charge in [0.05, 0.1) is 0 Å². The fourth-order valence-electron chi connectivity index (χ4n) is 2.39. The highest BCUT2D eigenvalue weighted by Crippen LogP contribution is 2.30. The molecule has 22 heavy (non-hydrogen) atoms. The van der Waals surface area contributed by atoms with Crippen LogP contribution in [-0.2, 0) is 16.1 Å². The van der Waals surface area contributed by atoms with E-state index in [0.717, 1.165) is 23.3 Å². The number of benzene rings is 1. The quantitative estimate of drug-likeness (QED) is 0.833. The normalized spacial score (nSPS) is 18.0. The van der Waals surface area contributed by atoms with E-state index in [1.165, 1.54) is 0 Å². The molecule has 0 atom stereocenters. The van der Waals surface area contributed by atoms with Crippen molar-refractivity contribution in [3.63, 3.8) is 0 Å².